The summed E-state index contributed by atoms with van der Waals surface area (Å²) in [4.78, 5) is 80.9. The number of nitrogen functional groups attached to an aromatic ring is 1. The summed E-state index contributed by atoms with van der Waals surface area (Å²) >= 11 is 0. The van der Waals surface area contributed by atoms with E-state index in [0.717, 1.165) is 62.0 Å². The van der Waals surface area contributed by atoms with Crippen LogP contribution in [-0.4, -0.2) is 110 Å². The fourth-order valence-electron chi connectivity index (χ4n) is 11.8. The van der Waals surface area contributed by atoms with Crippen molar-refractivity contribution in [3.63, 3.8) is 0 Å². The molecule has 1 saturated heterocycles. The summed E-state index contributed by atoms with van der Waals surface area (Å²) in [6.45, 7) is 12.2. The van der Waals surface area contributed by atoms with E-state index in [1.54, 1.807) is 24.3 Å². The zero-order valence-electron chi connectivity index (χ0n) is 45.3. The van der Waals surface area contributed by atoms with E-state index in [-0.39, 0.29) is 49.8 Å². The van der Waals surface area contributed by atoms with Crippen molar-refractivity contribution < 1.29 is 62.6 Å². The van der Waals surface area contributed by atoms with E-state index in [1.807, 2.05) is 12.2 Å². The van der Waals surface area contributed by atoms with Crippen LogP contribution in [0.4, 0.5) is 30.3 Å². The average Bonchev–Trinajstić information content (AvgIpc) is 4.20. The first-order valence-electron chi connectivity index (χ1n) is 27.1. The van der Waals surface area contributed by atoms with Crippen molar-refractivity contribution in [3.8, 4) is 0 Å². The predicted molar refractivity (Wildman–Crippen MR) is 287 cm³/mol. The van der Waals surface area contributed by atoms with Gasteiger partial charge in [0, 0.05) is 43.6 Å². The molecule has 8 unspecified atom stereocenters. The van der Waals surface area contributed by atoms with E-state index in [4.69, 9.17) is 30.4 Å². The molecule has 20 nitrogen and oxygen atoms in total. The normalized spacial score (nSPS) is 29.3. The number of Topliss-reactive ketones (excluding diaryl/α,β-unsaturated/α-hetero) is 1. The standard InChI is InChI=1S/C57H78FN7O13/c1-32(11-22-43(66)36-15-16-36)41-20-21-42-35(9-7-24-56(41,42)5)14-17-37-27-40(29-44(67)33(37)2)77-53(73)64-55(3,4)46(68)28-38(10-8-25-61-51(60)71)49(70)62-39-18-12-34(13-19-39)30-75-54(74)76-31-45-48(69)57(6,58)50(78-45)65-26-23-47(59)63-52(65)72/h11-14,17-19,22-23,26,32,36,38,40-45,48,50,66-67,69H,2,7-10,15-16,20-21,24-25,27-31H2,1,3-6H3,(H,62,70)(H,64,73)(H2,59,63,72)(H3,60,61,71)/b22-11+,35-14+,37-17-/t32-,38?,40+,41?,42?,43?,44-,45?,48?,50?,56+,57?/m0/s1. The van der Waals surface area contributed by atoms with Crippen LogP contribution in [-0.2, 0) is 35.1 Å². The number of amides is 4. The molecule has 5 aliphatic rings. The number of aliphatic hydroxyl groups is 3. The number of aliphatic hydroxyl groups excluding tert-OH is 3. The minimum Gasteiger partial charge on any atom is -0.446 e. The quantitative estimate of drug-likeness (QED) is 0.0365. The Hall–Kier alpha value is -6.42. The second-order valence-electron chi connectivity index (χ2n) is 22.8. The first-order chi connectivity index (χ1) is 36.9. The Balaban J connectivity index is 0.896. The van der Waals surface area contributed by atoms with E-state index in [9.17, 15) is 44.1 Å². The zero-order valence-corrected chi connectivity index (χ0v) is 45.3. The molecule has 0 radical (unpaired) electrons. The molecule has 4 saturated carbocycles. The monoisotopic (exact) mass is 1090 g/mol. The largest absolute Gasteiger partial charge is 0.508 e. The third kappa shape index (κ3) is 14.6. The van der Waals surface area contributed by atoms with E-state index in [0.29, 0.717) is 53.3 Å². The molecule has 78 heavy (non-hydrogen) atoms. The lowest BCUT2D eigenvalue weighted by Gasteiger charge is -2.44. The van der Waals surface area contributed by atoms with Crippen molar-refractivity contribution in [2.45, 2.75) is 166 Å². The highest BCUT2D eigenvalue weighted by Crippen LogP contribution is 2.59. The van der Waals surface area contributed by atoms with Gasteiger partial charge < -0.3 is 61.7 Å². The number of aromatic nitrogens is 2. The molecule has 4 amide bonds. The number of nitrogens with two attached hydrogens (primary N) is 2. The highest BCUT2D eigenvalue weighted by molar-refractivity contribution is 5.98. The molecule has 1 aliphatic heterocycles. The summed E-state index contributed by atoms with van der Waals surface area (Å²) in [5, 5.41) is 40.1. The lowest BCUT2D eigenvalue weighted by atomic mass is 9.61. The van der Waals surface area contributed by atoms with E-state index in [1.165, 1.54) is 31.7 Å². The number of primary amides is 1. The Morgan fingerprint density at radius 1 is 1.05 bits per heavy atom. The first-order valence-corrected chi connectivity index (χ1v) is 27.1. The summed E-state index contributed by atoms with van der Waals surface area (Å²) in [5.74, 6) is -0.296. The Bertz CT molecular complexity index is 2690. The third-order valence-corrected chi connectivity index (χ3v) is 16.6. The van der Waals surface area contributed by atoms with Crippen LogP contribution in [0.1, 0.15) is 123 Å². The number of alkyl halides is 1. The fraction of sp³-hybridized carbons (Fsp3) is 0.596. The fourth-order valence-corrected chi connectivity index (χ4v) is 11.8. The number of carbonyl (C=O) groups is 5. The number of rotatable bonds is 21. The van der Waals surface area contributed by atoms with Crippen LogP contribution in [0.15, 0.2) is 88.9 Å². The van der Waals surface area contributed by atoms with Crippen LogP contribution in [0.5, 0.6) is 0 Å². The molecule has 7 rings (SSSR count). The van der Waals surface area contributed by atoms with Gasteiger partial charge in [0.1, 0.15) is 37.3 Å². The van der Waals surface area contributed by atoms with Gasteiger partial charge in [-0.25, -0.2) is 23.6 Å². The summed E-state index contributed by atoms with van der Waals surface area (Å²) in [5.41, 5.74) is 9.62. The number of halogens is 1. The number of urea groups is 1. The molecule has 1 aromatic carbocycles. The van der Waals surface area contributed by atoms with Crippen LogP contribution in [0.25, 0.3) is 0 Å². The molecule has 0 spiro atoms. The second-order valence-corrected chi connectivity index (χ2v) is 22.8. The van der Waals surface area contributed by atoms with Crippen LogP contribution in [0.3, 0.4) is 0 Å². The number of fused-ring (bicyclic) bond motifs is 1. The number of hydrogen-bond donors (Lipinski definition) is 8. The number of nitrogens with zero attached hydrogens (tertiary/aromatic N) is 2. The zero-order chi connectivity index (χ0) is 56.7. The van der Waals surface area contributed by atoms with Crippen molar-refractivity contribution in [1.82, 2.24) is 20.2 Å². The topological polar surface area (TPSA) is 306 Å². The van der Waals surface area contributed by atoms with Gasteiger partial charge in [-0.05, 0) is 143 Å². The molecule has 2 aromatic rings. The van der Waals surface area contributed by atoms with Crippen LogP contribution in [0, 0.1) is 35.0 Å². The molecular formula is C57H78FN7O13. The van der Waals surface area contributed by atoms with Crippen molar-refractivity contribution >= 4 is 41.5 Å². The SMILES string of the molecule is C=C1/C(=C\C=C2/CCC[C@@]3(C)C2CCC3[C@@H](C)/C=C/C(O)C2CC2)C[C@@H](OC(=O)NC(C)(C)C(=O)CC(CCCNC(N)=O)C(=O)Nc2ccc(COC(=O)OCC3OC(n4ccc(N)nc4=O)C(C)(F)C3O)cc2)C[C@@H]1O. The molecule has 2 heterocycles. The lowest BCUT2D eigenvalue weighted by molar-refractivity contribution is -0.129. The Morgan fingerprint density at radius 3 is 2.47 bits per heavy atom. The number of carbonyl (C=O) groups excluding carboxylic acids is 5. The van der Waals surface area contributed by atoms with Crippen molar-refractivity contribution in [1.29, 1.82) is 0 Å². The van der Waals surface area contributed by atoms with E-state index >= 15 is 4.39 Å². The predicted octanol–water partition coefficient (Wildman–Crippen LogP) is 6.74. The molecule has 12 atom stereocenters. The van der Waals surface area contributed by atoms with Crippen molar-refractivity contribution in [2.24, 2.45) is 40.7 Å². The number of anilines is 2. The molecule has 1 aromatic heterocycles. The maximum absolute atomic E-state index is 15.5. The second kappa shape index (κ2) is 25.1. The summed E-state index contributed by atoms with van der Waals surface area (Å²) in [6, 6.07) is 6.75. The molecule has 4 aliphatic carbocycles. The van der Waals surface area contributed by atoms with Gasteiger partial charge >= 0.3 is 24.0 Å². The average molecular weight is 1090 g/mol. The summed E-state index contributed by atoms with van der Waals surface area (Å²) in [7, 11) is 0. The van der Waals surface area contributed by atoms with Gasteiger partial charge in [-0.3, -0.25) is 14.2 Å². The Kier molecular flexibility index (Phi) is 19.1. The minimum absolute atomic E-state index is 0.0859. The molecule has 21 heteroatoms. The molecule has 5 fully saturated rings. The Morgan fingerprint density at radius 2 is 1.78 bits per heavy atom. The van der Waals surface area contributed by atoms with Gasteiger partial charge in [0.15, 0.2) is 17.7 Å². The van der Waals surface area contributed by atoms with Crippen LogP contribution in [0.2, 0.25) is 0 Å². The number of benzene rings is 1. The third-order valence-electron chi connectivity index (χ3n) is 16.6. The van der Waals surface area contributed by atoms with Crippen molar-refractivity contribution in [3.05, 3.63) is 100 Å². The smallest absolute Gasteiger partial charge is 0.446 e. The van der Waals surface area contributed by atoms with Gasteiger partial charge in [-0.2, -0.15) is 4.98 Å². The summed E-state index contributed by atoms with van der Waals surface area (Å²) in [6.07, 6.45) is 9.09. The summed E-state index contributed by atoms with van der Waals surface area (Å²) < 4.78 is 38.0. The van der Waals surface area contributed by atoms with Crippen LogP contribution >= 0.6 is 0 Å². The number of ketones is 1. The van der Waals surface area contributed by atoms with Gasteiger partial charge in [0.25, 0.3) is 0 Å². The van der Waals surface area contributed by atoms with Gasteiger partial charge in [0.05, 0.1) is 17.7 Å². The number of hydrogen-bond acceptors (Lipinski definition) is 15. The van der Waals surface area contributed by atoms with Gasteiger partial charge in [0.2, 0.25) is 5.91 Å². The number of ether oxygens (including phenoxy) is 4. The maximum Gasteiger partial charge on any atom is 0.508 e. The lowest BCUT2D eigenvalue weighted by Crippen LogP contribution is -2.51. The van der Waals surface area contributed by atoms with Crippen LogP contribution < -0.4 is 33.1 Å². The van der Waals surface area contributed by atoms with Gasteiger partial charge in [-0.15, -0.1) is 0 Å². The van der Waals surface area contributed by atoms with Gasteiger partial charge in [-0.1, -0.05) is 62.4 Å². The molecular weight excluding hydrogens is 1010 g/mol. The molecule has 426 valence electrons. The van der Waals surface area contributed by atoms with E-state index < -0.39 is 90.0 Å². The van der Waals surface area contributed by atoms with E-state index in [2.05, 4.69) is 53.5 Å². The first kappa shape index (κ1) is 59.2. The number of allylic oxidation sites excluding steroid dienone is 4. The highest BCUT2D eigenvalue weighted by Gasteiger charge is 2.56. The highest BCUT2D eigenvalue weighted by atomic mass is 19.1. The Labute approximate surface area is 454 Å². The maximum atomic E-state index is 15.5. The number of alkyl carbamates (subject to hydrolysis) is 1. The number of nitrogens with one attached hydrogen (secondary N) is 3. The molecule has 10 N–H and O–H groups in total. The molecule has 0 bridgehead atoms. The van der Waals surface area contributed by atoms with Crippen molar-refractivity contribution in [2.75, 3.05) is 24.2 Å². The minimum atomic E-state index is -2.46.